The van der Waals surface area contributed by atoms with Crippen LogP contribution in [0.4, 0.5) is 0 Å². The van der Waals surface area contributed by atoms with Gasteiger partial charge in [0, 0.05) is 5.56 Å². The summed E-state index contributed by atoms with van der Waals surface area (Å²) in [5.74, 6) is 0.619. The van der Waals surface area contributed by atoms with Gasteiger partial charge in [-0.15, -0.1) is 0 Å². The average Bonchev–Trinajstić information content (AvgIpc) is 3.13. The molecular formula is C15H17N5O3S. The molecule has 24 heavy (non-hydrogen) atoms. The first-order valence-corrected chi connectivity index (χ1v) is 8.76. The molecule has 0 amide bonds. The van der Waals surface area contributed by atoms with E-state index in [0.717, 1.165) is 11.1 Å². The predicted molar refractivity (Wildman–Crippen MR) is 86.6 cm³/mol. The number of aromatic nitrogens is 4. The third kappa shape index (κ3) is 3.08. The lowest BCUT2D eigenvalue weighted by molar-refractivity contribution is 0.376. The van der Waals surface area contributed by atoms with Gasteiger partial charge in [0.1, 0.15) is 4.90 Å². The van der Waals surface area contributed by atoms with Crippen LogP contribution in [-0.2, 0) is 16.6 Å². The van der Waals surface area contributed by atoms with Gasteiger partial charge in [0.2, 0.25) is 21.7 Å². The maximum Gasteiger partial charge on any atom is 0.244 e. The van der Waals surface area contributed by atoms with Crippen LogP contribution in [0.3, 0.4) is 0 Å². The zero-order chi connectivity index (χ0) is 17.3. The fourth-order valence-corrected chi connectivity index (χ4v) is 3.77. The third-order valence-electron chi connectivity index (χ3n) is 3.60. The van der Waals surface area contributed by atoms with Gasteiger partial charge in [-0.1, -0.05) is 29.4 Å². The number of nitrogens with zero attached hydrogens (tertiary/aromatic N) is 3. The monoisotopic (exact) mass is 347 g/mol. The molecule has 0 bridgehead atoms. The molecule has 0 saturated heterocycles. The van der Waals surface area contributed by atoms with Crippen molar-refractivity contribution in [1.82, 2.24) is 25.1 Å². The second-order valence-corrected chi connectivity index (χ2v) is 7.12. The third-order valence-corrected chi connectivity index (χ3v) is 5.26. The summed E-state index contributed by atoms with van der Waals surface area (Å²) in [4.78, 5) is 4.38. The summed E-state index contributed by atoms with van der Waals surface area (Å²) in [5.41, 5.74) is 2.74. The standard InChI is InChI=1S/C15H17N5O3S/c1-9-6-4-5-7-12(9)15-17-13(23-20-15)8-16-24(21,22)14-10(2)18-19-11(14)3/h4-7,16H,8H2,1-3H3,(H,18,19). The van der Waals surface area contributed by atoms with Crippen LogP contribution in [0.5, 0.6) is 0 Å². The van der Waals surface area contributed by atoms with E-state index in [1.165, 1.54) is 0 Å². The van der Waals surface area contributed by atoms with Crippen LogP contribution in [0.25, 0.3) is 11.4 Å². The van der Waals surface area contributed by atoms with Crippen molar-refractivity contribution in [3.8, 4) is 11.4 Å². The molecule has 0 fully saturated rings. The van der Waals surface area contributed by atoms with E-state index in [2.05, 4.69) is 25.1 Å². The van der Waals surface area contributed by atoms with E-state index < -0.39 is 10.0 Å². The Morgan fingerprint density at radius 3 is 2.62 bits per heavy atom. The molecule has 2 N–H and O–H groups in total. The number of aromatic amines is 1. The summed E-state index contributed by atoms with van der Waals surface area (Å²) < 4.78 is 32.3. The van der Waals surface area contributed by atoms with E-state index >= 15 is 0 Å². The van der Waals surface area contributed by atoms with E-state index in [4.69, 9.17) is 4.52 Å². The summed E-state index contributed by atoms with van der Waals surface area (Å²) in [7, 11) is -3.71. The van der Waals surface area contributed by atoms with E-state index in [-0.39, 0.29) is 17.3 Å². The van der Waals surface area contributed by atoms with Crippen LogP contribution >= 0.6 is 0 Å². The Bertz CT molecular complexity index is 955. The van der Waals surface area contributed by atoms with Crippen LogP contribution in [0, 0.1) is 20.8 Å². The molecule has 0 unspecified atom stereocenters. The Balaban J connectivity index is 1.78. The van der Waals surface area contributed by atoms with Gasteiger partial charge in [-0.2, -0.15) is 10.1 Å². The fraction of sp³-hybridized carbons (Fsp3) is 0.267. The minimum atomic E-state index is -3.71. The molecule has 3 rings (SSSR count). The number of rotatable bonds is 5. The van der Waals surface area contributed by atoms with Crippen molar-refractivity contribution in [2.75, 3.05) is 0 Å². The SMILES string of the molecule is Cc1ccccc1-c1noc(CNS(=O)(=O)c2c(C)n[nH]c2C)n1. The molecule has 0 saturated carbocycles. The molecule has 3 aromatic rings. The molecule has 126 valence electrons. The van der Waals surface area contributed by atoms with Crippen LogP contribution in [0.2, 0.25) is 0 Å². The average molecular weight is 347 g/mol. The summed E-state index contributed by atoms with van der Waals surface area (Å²) in [6.45, 7) is 5.13. The van der Waals surface area contributed by atoms with Gasteiger partial charge in [-0.25, -0.2) is 13.1 Å². The predicted octanol–water partition coefficient (Wildman–Crippen LogP) is 1.86. The minimum Gasteiger partial charge on any atom is -0.338 e. The highest BCUT2D eigenvalue weighted by molar-refractivity contribution is 7.89. The lowest BCUT2D eigenvalue weighted by Crippen LogP contribution is -2.24. The summed E-state index contributed by atoms with van der Waals surface area (Å²) in [6, 6.07) is 7.62. The maximum absolute atomic E-state index is 12.4. The number of nitrogens with one attached hydrogen (secondary N) is 2. The number of sulfonamides is 1. The van der Waals surface area contributed by atoms with Crippen molar-refractivity contribution >= 4 is 10.0 Å². The summed E-state index contributed by atoms with van der Waals surface area (Å²) in [6.07, 6.45) is 0. The summed E-state index contributed by atoms with van der Waals surface area (Å²) >= 11 is 0. The molecule has 0 aliphatic heterocycles. The molecule has 0 atom stereocenters. The van der Waals surface area contributed by atoms with Crippen LogP contribution in [-0.4, -0.2) is 28.8 Å². The molecule has 0 aliphatic carbocycles. The molecule has 0 radical (unpaired) electrons. The molecule has 2 heterocycles. The van der Waals surface area contributed by atoms with E-state index in [9.17, 15) is 8.42 Å². The summed E-state index contributed by atoms with van der Waals surface area (Å²) in [5, 5.41) is 10.5. The van der Waals surface area contributed by atoms with Gasteiger partial charge in [0.05, 0.1) is 17.9 Å². The first kappa shape index (κ1) is 16.3. The van der Waals surface area contributed by atoms with E-state index in [1.807, 2.05) is 31.2 Å². The topological polar surface area (TPSA) is 114 Å². The quantitative estimate of drug-likeness (QED) is 0.728. The lowest BCUT2D eigenvalue weighted by Gasteiger charge is -2.04. The first-order valence-electron chi connectivity index (χ1n) is 7.28. The highest BCUT2D eigenvalue weighted by Gasteiger charge is 2.23. The molecule has 1 aromatic carbocycles. The Hall–Kier alpha value is -2.52. The van der Waals surface area contributed by atoms with Crippen LogP contribution in [0.15, 0.2) is 33.7 Å². The number of benzene rings is 1. The Morgan fingerprint density at radius 1 is 1.21 bits per heavy atom. The molecule has 9 heteroatoms. The molecule has 0 spiro atoms. The maximum atomic E-state index is 12.4. The van der Waals surface area contributed by atoms with Crippen molar-refractivity contribution < 1.29 is 12.9 Å². The number of aryl methyl sites for hydroxylation is 3. The highest BCUT2D eigenvalue weighted by Crippen LogP contribution is 2.20. The van der Waals surface area contributed by atoms with Gasteiger partial charge in [-0.05, 0) is 26.3 Å². The van der Waals surface area contributed by atoms with Crippen molar-refractivity contribution in [2.24, 2.45) is 0 Å². The minimum absolute atomic E-state index is 0.0920. The van der Waals surface area contributed by atoms with Crippen molar-refractivity contribution in [3.63, 3.8) is 0 Å². The van der Waals surface area contributed by atoms with Crippen molar-refractivity contribution in [1.29, 1.82) is 0 Å². The molecule has 8 nitrogen and oxygen atoms in total. The van der Waals surface area contributed by atoms with Crippen molar-refractivity contribution in [2.45, 2.75) is 32.2 Å². The van der Waals surface area contributed by atoms with Gasteiger partial charge in [0.15, 0.2) is 0 Å². The lowest BCUT2D eigenvalue weighted by atomic mass is 10.1. The van der Waals surface area contributed by atoms with Crippen molar-refractivity contribution in [3.05, 3.63) is 47.1 Å². The van der Waals surface area contributed by atoms with Crippen LogP contribution in [0.1, 0.15) is 22.8 Å². The highest BCUT2D eigenvalue weighted by atomic mass is 32.2. The number of hydrogen-bond acceptors (Lipinski definition) is 6. The Morgan fingerprint density at radius 2 is 1.96 bits per heavy atom. The number of hydrogen-bond donors (Lipinski definition) is 2. The zero-order valence-corrected chi connectivity index (χ0v) is 14.3. The first-order chi connectivity index (χ1) is 11.4. The zero-order valence-electron chi connectivity index (χ0n) is 13.5. The second-order valence-electron chi connectivity index (χ2n) is 5.41. The molecule has 0 aliphatic rings. The largest absolute Gasteiger partial charge is 0.338 e. The van der Waals surface area contributed by atoms with Gasteiger partial charge in [0.25, 0.3) is 0 Å². The van der Waals surface area contributed by atoms with E-state index in [1.54, 1.807) is 13.8 Å². The number of H-pyrrole nitrogens is 1. The Labute approximate surface area is 139 Å². The van der Waals surface area contributed by atoms with Gasteiger partial charge in [-0.3, -0.25) is 5.10 Å². The van der Waals surface area contributed by atoms with Gasteiger partial charge >= 0.3 is 0 Å². The second kappa shape index (κ2) is 6.17. The van der Waals surface area contributed by atoms with E-state index in [0.29, 0.717) is 17.2 Å². The Kier molecular flexibility index (Phi) is 4.20. The van der Waals surface area contributed by atoms with Gasteiger partial charge < -0.3 is 4.52 Å². The molecular weight excluding hydrogens is 330 g/mol. The van der Waals surface area contributed by atoms with Crippen LogP contribution < -0.4 is 4.72 Å². The normalized spacial score (nSPS) is 11.8. The molecule has 2 aromatic heterocycles. The fourth-order valence-electron chi connectivity index (χ4n) is 2.43. The smallest absolute Gasteiger partial charge is 0.244 e.